The largest absolute Gasteiger partial charge is 0.497 e. The molecule has 0 aliphatic carbocycles. The third-order valence-electron chi connectivity index (χ3n) is 2.67. The monoisotopic (exact) mass is 253 g/mol. The van der Waals surface area contributed by atoms with Gasteiger partial charge < -0.3 is 14.2 Å². The molecule has 100 valence electrons. The van der Waals surface area contributed by atoms with Crippen molar-refractivity contribution >= 4 is 5.97 Å². The van der Waals surface area contributed by atoms with Crippen molar-refractivity contribution in [2.45, 2.75) is 6.04 Å². The van der Waals surface area contributed by atoms with Gasteiger partial charge in [-0.15, -0.1) is 0 Å². The van der Waals surface area contributed by atoms with E-state index < -0.39 is 6.04 Å². The summed E-state index contributed by atoms with van der Waals surface area (Å²) in [4.78, 5) is 13.6. The van der Waals surface area contributed by atoms with Crippen LogP contribution in [0.25, 0.3) is 0 Å². The third-order valence-corrected chi connectivity index (χ3v) is 2.67. The minimum absolute atomic E-state index is 0.341. The van der Waals surface area contributed by atoms with Crippen LogP contribution in [0, 0.1) is 0 Å². The van der Waals surface area contributed by atoms with Crippen LogP contribution in [0.1, 0.15) is 11.6 Å². The number of ether oxygens (including phenoxy) is 3. The SMILES string of the molecule is COC(=O)C(c1cc(OC)ccc1OC)N(C)C. The predicted octanol–water partition coefficient (Wildman–Crippen LogP) is 1.48. The van der Waals surface area contributed by atoms with Gasteiger partial charge in [-0.05, 0) is 32.3 Å². The molecule has 0 saturated carbocycles. The number of carbonyl (C=O) groups excluding carboxylic acids is 1. The summed E-state index contributed by atoms with van der Waals surface area (Å²) in [6, 6.07) is 4.81. The number of methoxy groups -OCH3 is 3. The summed E-state index contributed by atoms with van der Waals surface area (Å²) in [5.74, 6) is 0.952. The maximum atomic E-state index is 11.9. The van der Waals surface area contributed by atoms with Crippen LogP contribution in [0.4, 0.5) is 0 Å². The van der Waals surface area contributed by atoms with E-state index in [1.807, 2.05) is 0 Å². The molecule has 18 heavy (non-hydrogen) atoms. The Balaban J connectivity index is 3.28. The molecule has 0 aliphatic rings. The van der Waals surface area contributed by atoms with E-state index in [9.17, 15) is 4.79 Å². The fraction of sp³-hybridized carbons (Fsp3) is 0.462. The second-order valence-electron chi connectivity index (χ2n) is 4.00. The van der Waals surface area contributed by atoms with Crippen LogP contribution in [-0.2, 0) is 9.53 Å². The molecule has 0 bridgehead atoms. The summed E-state index contributed by atoms with van der Waals surface area (Å²) in [5.41, 5.74) is 0.716. The molecule has 0 N–H and O–H groups in total. The summed E-state index contributed by atoms with van der Waals surface area (Å²) in [7, 11) is 8.12. The topological polar surface area (TPSA) is 48.0 Å². The first kappa shape index (κ1) is 14.3. The summed E-state index contributed by atoms with van der Waals surface area (Å²) < 4.78 is 15.3. The summed E-state index contributed by atoms with van der Waals surface area (Å²) in [5, 5.41) is 0. The number of rotatable bonds is 5. The Morgan fingerprint density at radius 1 is 1.17 bits per heavy atom. The van der Waals surface area contributed by atoms with Crippen LogP contribution in [-0.4, -0.2) is 46.3 Å². The molecule has 1 atom stereocenters. The van der Waals surface area contributed by atoms with E-state index in [-0.39, 0.29) is 5.97 Å². The van der Waals surface area contributed by atoms with E-state index >= 15 is 0 Å². The van der Waals surface area contributed by atoms with Gasteiger partial charge in [-0.1, -0.05) is 0 Å². The minimum Gasteiger partial charge on any atom is -0.497 e. The number of hydrogen-bond acceptors (Lipinski definition) is 5. The Bertz CT molecular complexity index is 417. The fourth-order valence-electron chi connectivity index (χ4n) is 1.78. The zero-order chi connectivity index (χ0) is 13.7. The van der Waals surface area contributed by atoms with E-state index in [0.717, 1.165) is 0 Å². The maximum Gasteiger partial charge on any atom is 0.327 e. The highest BCUT2D eigenvalue weighted by atomic mass is 16.5. The van der Waals surface area contributed by atoms with Crippen molar-refractivity contribution in [1.82, 2.24) is 4.90 Å². The second-order valence-corrected chi connectivity index (χ2v) is 4.00. The molecule has 0 heterocycles. The van der Waals surface area contributed by atoms with Gasteiger partial charge in [-0.2, -0.15) is 0 Å². The van der Waals surface area contributed by atoms with Gasteiger partial charge in [-0.25, -0.2) is 4.79 Å². The number of carbonyl (C=O) groups is 1. The van der Waals surface area contributed by atoms with Crippen LogP contribution in [0.2, 0.25) is 0 Å². The molecule has 1 unspecified atom stereocenters. The number of benzene rings is 1. The first-order valence-corrected chi connectivity index (χ1v) is 5.51. The molecule has 0 aliphatic heterocycles. The van der Waals surface area contributed by atoms with Gasteiger partial charge in [0.25, 0.3) is 0 Å². The average Bonchev–Trinajstić information content (AvgIpc) is 2.38. The zero-order valence-corrected chi connectivity index (χ0v) is 11.4. The number of nitrogens with zero attached hydrogens (tertiary/aromatic N) is 1. The van der Waals surface area contributed by atoms with Crippen molar-refractivity contribution in [2.75, 3.05) is 35.4 Å². The van der Waals surface area contributed by atoms with Gasteiger partial charge in [0, 0.05) is 5.56 Å². The Kier molecular flexibility index (Phi) is 4.97. The van der Waals surface area contributed by atoms with Gasteiger partial charge in [0.05, 0.1) is 21.3 Å². The van der Waals surface area contributed by atoms with Crippen LogP contribution in [0.3, 0.4) is 0 Å². The molecule has 1 aromatic carbocycles. The molecule has 1 aromatic rings. The van der Waals surface area contributed by atoms with Crippen LogP contribution >= 0.6 is 0 Å². The Morgan fingerprint density at radius 2 is 1.83 bits per heavy atom. The zero-order valence-electron chi connectivity index (χ0n) is 11.4. The first-order chi connectivity index (χ1) is 8.54. The summed E-state index contributed by atoms with van der Waals surface area (Å²) >= 11 is 0. The molecule has 0 fully saturated rings. The van der Waals surface area contributed by atoms with Gasteiger partial charge in [-0.3, -0.25) is 4.90 Å². The molecule has 0 aromatic heterocycles. The number of esters is 1. The van der Waals surface area contributed by atoms with Crippen molar-refractivity contribution in [3.05, 3.63) is 23.8 Å². The lowest BCUT2D eigenvalue weighted by molar-refractivity contribution is -0.146. The van der Waals surface area contributed by atoms with E-state index in [4.69, 9.17) is 14.2 Å². The van der Waals surface area contributed by atoms with E-state index in [0.29, 0.717) is 17.1 Å². The average molecular weight is 253 g/mol. The highest BCUT2D eigenvalue weighted by Crippen LogP contribution is 2.32. The van der Waals surface area contributed by atoms with Gasteiger partial charge in [0.15, 0.2) is 0 Å². The van der Waals surface area contributed by atoms with Crippen molar-refractivity contribution in [3.8, 4) is 11.5 Å². The summed E-state index contributed by atoms with van der Waals surface area (Å²) in [6.45, 7) is 0. The molecule has 1 rings (SSSR count). The molecule has 0 radical (unpaired) electrons. The van der Waals surface area contributed by atoms with Gasteiger partial charge in [0.2, 0.25) is 0 Å². The van der Waals surface area contributed by atoms with Crippen molar-refractivity contribution in [3.63, 3.8) is 0 Å². The van der Waals surface area contributed by atoms with Crippen LogP contribution < -0.4 is 9.47 Å². The standard InChI is InChI=1S/C13H19NO4/c1-14(2)12(13(15)18-5)10-8-9(16-3)6-7-11(10)17-4/h6-8,12H,1-5H3. The Hall–Kier alpha value is -1.75. The smallest absolute Gasteiger partial charge is 0.327 e. The third kappa shape index (κ3) is 2.92. The maximum absolute atomic E-state index is 11.9. The Labute approximate surface area is 107 Å². The van der Waals surface area contributed by atoms with Crippen molar-refractivity contribution in [2.24, 2.45) is 0 Å². The van der Waals surface area contributed by atoms with E-state index in [1.54, 1.807) is 51.4 Å². The van der Waals surface area contributed by atoms with Gasteiger partial charge >= 0.3 is 5.97 Å². The quantitative estimate of drug-likeness (QED) is 0.744. The van der Waals surface area contributed by atoms with Crippen molar-refractivity contribution in [1.29, 1.82) is 0 Å². The lowest BCUT2D eigenvalue weighted by Crippen LogP contribution is -2.29. The highest BCUT2D eigenvalue weighted by molar-refractivity contribution is 5.78. The lowest BCUT2D eigenvalue weighted by Gasteiger charge is -2.24. The minimum atomic E-state index is -0.528. The summed E-state index contributed by atoms with van der Waals surface area (Å²) in [6.07, 6.45) is 0. The first-order valence-electron chi connectivity index (χ1n) is 5.51. The molecule has 5 nitrogen and oxygen atoms in total. The van der Waals surface area contributed by atoms with Crippen molar-refractivity contribution < 1.29 is 19.0 Å². The highest BCUT2D eigenvalue weighted by Gasteiger charge is 2.27. The van der Waals surface area contributed by atoms with Gasteiger partial charge in [0.1, 0.15) is 17.5 Å². The van der Waals surface area contributed by atoms with E-state index in [2.05, 4.69) is 0 Å². The molecule has 5 heteroatoms. The molecular formula is C13H19NO4. The fourth-order valence-corrected chi connectivity index (χ4v) is 1.78. The predicted molar refractivity (Wildman–Crippen MR) is 68.0 cm³/mol. The molecule has 0 amide bonds. The van der Waals surface area contributed by atoms with E-state index in [1.165, 1.54) is 7.11 Å². The molecule has 0 saturated heterocycles. The number of hydrogen-bond donors (Lipinski definition) is 0. The number of likely N-dealkylation sites (N-methyl/N-ethyl adjacent to an activating group) is 1. The van der Waals surface area contributed by atoms with Crippen LogP contribution in [0.15, 0.2) is 18.2 Å². The van der Waals surface area contributed by atoms with Crippen LogP contribution in [0.5, 0.6) is 11.5 Å². The molecule has 0 spiro atoms. The second kappa shape index (κ2) is 6.26. The molecular weight excluding hydrogens is 234 g/mol. The normalized spacial score (nSPS) is 12.1. The lowest BCUT2D eigenvalue weighted by atomic mass is 10.0. The Morgan fingerprint density at radius 3 is 2.28 bits per heavy atom.